The lowest BCUT2D eigenvalue weighted by molar-refractivity contribution is 0.104. The van der Waals surface area contributed by atoms with Crippen LogP contribution in [0.3, 0.4) is 0 Å². The van der Waals surface area contributed by atoms with Gasteiger partial charge in [0, 0.05) is 0 Å². The highest BCUT2D eigenvalue weighted by atomic mass is 16.6. The summed E-state index contributed by atoms with van der Waals surface area (Å²) in [5.74, 6) is 1.71. The molecule has 0 radical (unpaired) electrons. The van der Waals surface area contributed by atoms with Crippen LogP contribution in [0, 0.1) is 0 Å². The number of ether oxygens (including phenoxy) is 2. The lowest BCUT2D eigenvalue weighted by Gasteiger charge is -2.23. The quantitative estimate of drug-likeness (QED) is 0.701. The highest BCUT2D eigenvalue weighted by Gasteiger charge is 2.15. The molecule has 0 spiro atoms. The van der Waals surface area contributed by atoms with Crippen molar-refractivity contribution in [3.8, 4) is 11.5 Å². The van der Waals surface area contributed by atoms with E-state index in [2.05, 4.69) is 13.8 Å². The van der Waals surface area contributed by atoms with Gasteiger partial charge in [-0.1, -0.05) is 38.8 Å². The topological polar surface area (TPSA) is 18.5 Å². The minimum atomic E-state index is 0.171. The van der Waals surface area contributed by atoms with Gasteiger partial charge < -0.3 is 9.47 Å². The lowest BCUT2D eigenvalue weighted by atomic mass is 10.3. The molecule has 0 amide bonds. The Balaban J connectivity index is 0.000000245. The van der Waals surface area contributed by atoms with Crippen LogP contribution < -0.4 is 9.47 Å². The number of rotatable bonds is 1. The van der Waals surface area contributed by atoms with E-state index < -0.39 is 0 Å². The first-order chi connectivity index (χ1) is 7.27. The van der Waals surface area contributed by atoms with Crippen molar-refractivity contribution in [3.05, 3.63) is 24.3 Å². The van der Waals surface area contributed by atoms with Gasteiger partial charge in [-0.2, -0.15) is 0 Å². The van der Waals surface area contributed by atoms with Crippen molar-refractivity contribution in [1.82, 2.24) is 0 Å². The zero-order valence-electron chi connectivity index (χ0n) is 9.82. The fraction of sp³-hybridized carbons (Fsp3) is 0.538. The summed E-state index contributed by atoms with van der Waals surface area (Å²) in [6, 6.07) is 7.73. The van der Waals surface area contributed by atoms with Gasteiger partial charge in [0.25, 0.3) is 0 Å². The van der Waals surface area contributed by atoms with Gasteiger partial charge >= 0.3 is 0 Å². The Labute approximate surface area is 92.2 Å². The third-order valence-electron chi connectivity index (χ3n) is 2.15. The van der Waals surface area contributed by atoms with Crippen molar-refractivity contribution in [2.45, 2.75) is 39.7 Å². The Hall–Kier alpha value is -1.18. The van der Waals surface area contributed by atoms with Gasteiger partial charge in [-0.25, -0.2) is 0 Å². The number of fused-ring (bicyclic) bond motifs is 1. The highest BCUT2D eigenvalue weighted by molar-refractivity contribution is 5.40. The second-order valence-electron chi connectivity index (χ2n) is 3.69. The van der Waals surface area contributed by atoms with E-state index in [1.54, 1.807) is 0 Å². The highest BCUT2D eigenvalue weighted by Crippen LogP contribution is 2.30. The number of benzene rings is 1. The molecule has 2 heteroatoms. The third-order valence-corrected chi connectivity index (χ3v) is 2.15. The van der Waals surface area contributed by atoms with Crippen LogP contribution in [-0.2, 0) is 0 Å². The minimum absolute atomic E-state index is 0.171. The van der Waals surface area contributed by atoms with E-state index in [1.165, 1.54) is 12.8 Å². The number of unbranched alkanes of at least 4 members (excludes halogenated alkanes) is 1. The molecule has 1 heterocycles. The normalized spacial score (nSPS) is 17.7. The standard InChI is InChI=1S/C9H10O2.C4H10/c1-7-6-10-8-4-2-3-5-9(8)11-7;1-3-4-2/h2-5,7H,6H2,1H3;3-4H2,1-2H3. The van der Waals surface area contributed by atoms with Crippen molar-refractivity contribution < 1.29 is 9.47 Å². The molecule has 0 aromatic heterocycles. The second-order valence-corrected chi connectivity index (χ2v) is 3.69. The lowest BCUT2D eigenvalue weighted by Crippen LogP contribution is -2.25. The molecule has 2 nitrogen and oxygen atoms in total. The first-order valence-electron chi connectivity index (χ1n) is 5.66. The molecule has 1 aliphatic heterocycles. The average molecular weight is 208 g/mol. The molecule has 15 heavy (non-hydrogen) atoms. The smallest absolute Gasteiger partial charge is 0.161 e. The second kappa shape index (κ2) is 6.33. The van der Waals surface area contributed by atoms with Crippen LogP contribution in [0.5, 0.6) is 11.5 Å². The maximum absolute atomic E-state index is 5.51. The van der Waals surface area contributed by atoms with Crippen molar-refractivity contribution in [3.63, 3.8) is 0 Å². The summed E-state index contributed by atoms with van der Waals surface area (Å²) in [6.45, 7) is 7.01. The van der Waals surface area contributed by atoms with Crippen LogP contribution in [0.2, 0.25) is 0 Å². The first-order valence-corrected chi connectivity index (χ1v) is 5.66. The maximum Gasteiger partial charge on any atom is 0.161 e. The Morgan fingerprint density at radius 1 is 1.13 bits per heavy atom. The fourth-order valence-corrected chi connectivity index (χ4v) is 1.12. The summed E-state index contributed by atoms with van der Waals surface area (Å²) >= 11 is 0. The van der Waals surface area contributed by atoms with E-state index in [4.69, 9.17) is 9.47 Å². The Bertz CT molecular complexity index is 282. The van der Waals surface area contributed by atoms with Crippen molar-refractivity contribution in [2.24, 2.45) is 0 Å². The van der Waals surface area contributed by atoms with Crippen molar-refractivity contribution in [2.75, 3.05) is 6.61 Å². The van der Waals surface area contributed by atoms with Gasteiger partial charge in [0.15, 0.2) is 11.5 Å². The molecule has 0 N–H and O–H groups in total. The van der Waals surface area contributed by atoms with E-state index in [9.17, 15) is 0 Å². The summed E-state index contributed by atoms with van der Waals surface area (Å²) in [5.41, 5.74) is 0. The summed E-state index contributed by atoms with van der Waals surface area (Å²) in [6.07, 6.45) is 2.81. The van der Waals surface area contributed by atoms with Crippen LogP contribution in [0.15, 0.2) is 24.3 Å². The SMILES string of the molecule is CC1COc2ccccc2O1.CCCC. The Kier molecular flexibility index (Phi) is 5.02. The summed E-state index contributed by atoms with van der Waals surface area (Å²) in [4.78, 5) is 0. The van der Waals surface area contributed by atoms with E-state index >= 15 is 0 Å². The largest absolute Gasteiger partial charge is 0.486 e. The molecule has 2 rings (SSSR count). The van der Waals surface area contributed by atoms with Gasteiger partial charge in [-0.15, -0.1) is 0 Å². The predicted molar refractivity (Wildman–Crippen MR) is 62.6 cm³/mol. The molecule has 84 valence electrons. The van der Waals surface area contributed by atoms with Gasteiger partial charge in [0.2, 0.25) is 0 Å². The molecule has 0 saturated heterocycles. The molecule has 0 bridgehead atoms. The molecule has 1 aromatic rings. The summed E-state index contributed by atoms with van der Waals surface area (Å²) in [7, 11) is 0. The van der Waals surface area contributed by atoms with Crippen molar-refractivity contribution in [1.29, 1.82) is 0 Å². The summed E-state index contributed by atoms with van der Waals surface area (Å²) in [5, 5.41) is 0. The Morgan fingerprint density at radius 3 is 2.33 bits per heavy atom. The molecular weight excluding hydrogens is 188 g/mol. The Morgan fingerprint density at radius 2 is 1.73 bits per heavy atom. The molecule has 0 saturated carbocycles. The van der Waals surface area contributed by atoms with Crippen molar-refractivity contribution >= 4 is 0 Å². The number of para-hydroxylation sites is 2. The van der Waals surface area contributed by atoms with Crippen LogP contribution in [0.4, 0.5) is 0 Å². The molecule has 0 aliphatic carbocycles. The number of hydrogen-bond acceptors (Lipinski definition) is 2. The van der Waals surface area contributed by atoms with E-state index in [0.717, 1.165) is 11.5 Å². The zero-order valence-corrected chi connectivity index (χ0v) is 9.82. The maximum atomic E-state index is 5.51. The van der Waals surface area contributed by atoms with Gasteiger partial charge in [0.05, 0.1) is 0 Å². The molecule has 1 aromatic carbocycles. The monoisotopic (exact) mass is 208 g/mol. The molecular formula is C13H20O2. The van der Waals surface area contributed by atoms with Crippen LogP contribution >= 0.6 is 0 Å². The zero-order chi connectivity index (χ0) is 11.1. The van der Waals surface area contributed by atoms with Crippen LogP contribution in [0.25, 0.3) is 0 Å². The van der Waals surface area contributed by atoms with E-state index in [0.29, 0.717) is 6.61 Å². The molecule has 0 fully saturated rings. The van der Waals surface area contributed by atoms with E-state index in [-0.39, 0.29) is 6.10 Å². The van der Waals surface area contributed by atoms with Crippen LogP contribution in [0.1, 0.15) is 33.6 Å². The third kappa shape index (κ3) is 3.82. The van der Waals surface area contributed by atoms with E-state index in [1.807, 2.05) is 31.2 Å². The summed E-state index contributed by atoms with van der Waals surface area (Å²) < 4.78 is 10.9. The molecule has 1 atom stereocenters. The van der Waals surface area contributed by atoms with Crippen LogP contribution in [-0.4, -0.2) is 12.7 Å². The molecule has 1 aliphatic rings. The fourth-order valence-electron chi connectivity index (χ4n) is 1.12. The first kappa shape index (κ1) is 11.9. The predicted octanol–water partition coefficient (Wildman–Crippen LogP) is 3.65. The number of hydrogen-bond donors (Lipinski definition) is 0. The average Bonchev–Trinajstić information content (AvgIpc) is 2.29. The van der Waals surface area contributed by atoms with Gasteiger partial charge in [-0.3, -0.25) is 0 Å². The minimum Gasteiger partial charge on any atom is -0.486 e. The van der Waals surface area contributed by atoms with Gasteiger partial charge in [-0.05, 0) is 19.1 Å². The van der Waals surface area contributed by atoms with Gasteiger partial charge in [0.1, 0.15) is 12.7 Å². The molecule has 1 unspecified atom stereocenters.